The van der Waals surface area contributed by atoms with E-state index in [-0.39, 0.29) is 0 Å². The van der Waals surface area contributed by atoms with Gasteiger partial charge in [0.25, 0.3) is 0 Å². The van der Waals surface area contributed by atoms with Crippen LogP contribution >= 0.6 is 0 Å². The van der Waals surface area contributed by atoms with Crippen LogP contribution in [0.5, 0.6) is 0 Å². The van der Waals surface area contributed by atoms with E-state index in [1.165, 1.54) is 0 Å². The Hall–Kier alpha value is -0.690. The van der Waals surface area contributed by atoms with E-state index in [0.717, 1.165) is 0 Å². The third kappa shape index (κ3) is 9.61. The number of carboxylic acid groups (broad SMARTS) is 1. The number of nitrogens with two attached hydrogens (primary N) is 1. The van der Waals surface area contributed by atoms with Gasteiger partial charge in [-0.05, 0) is 6.42 Å². The van der Waals surface area contributed by atoms with Gasteiger partial charge in [-0.25, -0.2) is 0 Å². The molecule has 0 aromatic carbocycles. The standard InChI is InChI=1S/C9H19NO5/c1-13-4-5-15-7-6-14-3-2-8(10)9(11)12/h8H,2-7,10H2,1H3,(H,11,12)/t8-/m1/s1. The van der Waals surface area contributed by atoms with Crippen LogP contribution in [-0.4, -0.2) is 57.3 Å². The molecule has 0 rings (SSSR count). The van der Waals surface area contributed by atoms with Gasteiger partial charge < -0.3 is 25.1 Å². The zero-order valence-electron chi connectivity index (χ0n) is 8.98. The maximum absolute atomic E-state index is 10.3. The van der Waals surface area contributed by atoms with Gasteiger partial charge in [0.1, 0.15) is 6.04 Å². The molecule has 0 heterocycles. The number of aliphatic carboxylic acids is 1. The molecule has 15 heavy (non-hydrogen) atoms. The first kappa shape index (κ1) is 14.3. The molecule has 3 N–H and O–H groups in total. The third-order valence-electron chi connectivity index (χ3n) is 1.69. The first-order chi connectivity index (χ1) is 7.18. The predicted octanol–water partition coefficient (Wildman–Crippen LogP) is -0.532. The Labute approximate surface area is 89.3 Å². The Morgan fingerprint density at radius 1 is 1.20 bits per heavy atom. The molecule has 0 aliphatic rings. The van der Waals surface area contributed by atoms with E-state index in [0.29, 0.717) is 39.5 Å². The second-order valence-corrected chi connectivity index (χ2v) is 2.95. The number of hydrogen-bond donors (Lipinski definition) is 2. The van der Waals surface area contributed by atoms with Gasteiger partial charge in [0.05, 0.1) is 26.4 Å². The molecule has 0 spiro atoms. The van der Waals surface area contributed by atoms with Gasteiger partial charge in [-0.15, -0.1) is 0 Å². The fourth-order valence-electron chi connectivity index (χ4n) is 0.798. The second-order valence-electron chi connectivity index (χ2n) is 2.95. The number of carboxylic acids is 1. The first-order valence-corrected chi connectivity index (χ1v) is 4.81. The van der Waals surface area contributed by atoms with Gasteiger partial charge in [0, 0.05) is 13.7 Å². The van der Waals surface area contributed by atoms with Crippen molar-refractivity contribution in [1.29, 1.82) is 0 Å². The van der Waals surface area contributed by atoms with Crippen molar-refractivity contribution in [2.75, 3.05) is 40.1 Å². The lowest BCUT2D eigenvalue weighted by Gasteiger charge is -2.07. The minimum atomic E-state index is -1.00. The van der Waals surface area contributed by atoms with Gasteiger partial charge >= 0.3 is 5.97 Å². The average Bonchev–Trinajstić information content (AvgIpc) is 2.21. The van der Waals surface area contributed by atoms with E-state index in [4.69, 9.17) is 25.1 Å². The molecule has 0 aliphatic carbocycles. The topological polar surface area (TPSA) is 91.0 Å². The number of rotatable bonds is 10. The van der Waals surface area contributed by atoms with Gasteiger partial charge in [-0.1, -0.05) is 0 Å². The number of methoxy groups -OCH3 is 1. The molecule has 0 saturated heterocycles. The van der Waals surface area contributed by atoms with Crippen LogP contribution in [0.4, 0.5) is 0 Å². The Bertz CT molecular complexity index is 165. The molecular formula is C9H19NO5. The van der Waals surface area contributed by atoms with Gasteiger partial charge in [-0.2, -0.15) is 0 Å². The van der Waals surface area contributed by atoms with E-state index < -0.39 is 12.0 Å². The minimum Gasteiger partial charge on any atom is -0.480 e. The fourth-order valence-corrected chi connectivity index (χ4v) is 0.798. The molecule has 0 radical (unpaired) electrons. The molecule has 0 aliphatic heterocycles. The summed E-state index contributed by atoms with van der Waals surface area (Å²) >= 11 is 0. The zero-order chi connectivity index (χ0) is 11.5. The highest BCUT2D eigenvalue weighted by atomic mass is 16.5. The van der Waals surface area contributed by atoms with Crippen LogP contribution in [0.1, 0.15) is 6.42 Å². The SMILES string of the molecule is COCCOCCOCC[C@@H](N)C(=O)O. The molecule has 0 bridgehead atoms. The van der Waals surface area contributed by atoms with E-state index in [2.05, 4.69) is 0 Å². The summed E-state index contributed by atoms with van der Waals surface area (Å²) in [4.78, 5) is 10.3. The van der Waals surface area contributed by atoms with Crippen molar-refractivity contribution in [3.8, 4) is 0 Å². The molecule has 0 aromatic heterocycles. The molecular weight excluding hydrogens is 202 g/mol. The van der Waals surface area contributed by atoms with Crippen molar-refractivity contribution in [2.24, 2.45) is 5.73 Å². The van der Waals surface area contributed by atoms with Crippen LogP contribution in [0.15, 0.2) is 0 Å². The van der Waals surface area contributed by atoms with Crippen LogP contribution in [-0.2, 0) is 19.0 Å². The van der Waals surface area contributed by atoms with Gasteiger partial charge in [0.2, 0.25) is 0 Å². The second kappa shape index (κ2) is 9.85. The third-order valence-corrected chi connectivity index (χ3v) is 1.69. The van der Waals surface area contributed by atoms with E-state index in [1.54, 1.807) is 7.11 Å². The van der Waals surface area contributed by atoms with Gasteiger partial charge in [-0.3, -0.25) is 4.79 Å². The van der Waals surface area contributed by atoms with E-state index >= 15 is 0 Å². The minimum absolute atomic E-state index is 0.313. The summed E-state index contributed by atoms with van der Waals surface area (Å²) in [5.41, 5.74) is 5.27. The lowest BCUT2D eigenvalue weighted by molar-refractivity contribution is -0.139. The molecule has 1 atom stereocenters. The molecule has 6 nitrogen and oxygen atoms in total. The average molecular weight is 221 g/mol. The van der Waals surface area contributed by atoms with Crippen LogP contribution in [0.3, 0.4) is 0 Å². The van der Waals surface area contributed by atoms with Crippen LogP contribution in [0.25, 0.3) is 0 Å². The van der Waals surface area contributed by atoms with Crippen molar-refractivity contribution < 1.29 is 24.1 Å². The lowest BCUT2D eigenvalue weighted by atomic mass is 10.2. The number of hydrogen-bond acceptors (Lipinski definition) is 5. The summed E-state index contributed by atoms with van der Waals surface area (Å²) in [7, 11) is 1.60. The highest BCUT2D eigenvalue weighted by Gasteiger charge is 2.09. The Morgan fingerprint density at radius 3 is 2.27 bits per heavy atom. The van der Waals surface area contributed by atoms with Crippen LogP contribution < -0.4 is 5.73 Å². The van der Waals surface area contributed by atoms with Crippen molar-refractivity contribution in [1.82, 2.24) is 0 Å². The quantitative estimate of drug-likeness (QED) is 0.482. The van der Waals surface area contributed by atoms with Crippen molar-refractivity contribution in [3.05, 3.63) is 0 Å². The summed E-state index contributed by atoms with van der Waals surface area (Å²) < 4.78 is 15.0. The number of ether oxygens (including phenoxy) is 3. The van der Waals surface area contributed by atoms with Gasteiger partial charge in [0.15, 0.2) is 0 Å². The highest BCUT2D eigenvalue weighted by Crippen LogP contribution is 1.89. The molecule has 0 saturated carbocycles. The first-order valence-electron chi connectivity index (χ1n) is 4.81. The lowest BCUT2D eigenvalue weighted by Crippen LogP contribution is -2.31. The van der Waals surface area contributed by atoms with Crippen LogP contribution in [0.2, 0.25) is 0 Å². The molecule has 90 valence electrons. The Kier molecular flexibility index (Phi) is 9.40. The van der Waals surface area contributed by atoms with Crippen molar-refractivity contribution >= 4 is 5.97 Å². The Morgan fingerprint density at radius 2 is 1.73 bits per heavy atom. The number of carbonyl (C=O) groups is 1. The molecule has 6 heteroatoms. The highest BCUT2D eigenvalue weighted by molar-refractivity contribution is 5.72. The summed E-state index contributed by atoms with van der Waals surface area (Å²) in [6, 6.07) is -0.848. The monoisotopic (exact) mass is 221 g/mol. The normalized spacial score (nSPS) is 12.7. The largest absolute Gasteiger partial charge is 0.480 e. The molecule has 0 unspecified atom stereocenters. The molecule has 0 aromatic rings. The van der Waals surface area contributed by atoms with E-state index in [1.807, 2.05) is 0 Å². The van der Waals surface area contributed by atoms with Crippen molar-refractivity contribution in [2.45, 2.75) is 12.5 Å². The predicted molar refractivity (Wildman–Crippen MR) is 53.7 cm³/mol. The summed E-state index contributed by atoms with van der Waals surface area (Å²) in [5.74, 6) is -1.00. The zero-order valence-corrected chi connectivity index (χ0v) is 8.98. The molecule has 0 amide bonds. The fraction of sp³-hybridized carbons (Fsp3) is 0.889. The summed E-state index contributed by atoms with van der Waals surface area (Å²) in [6.45, 7) is 2.35. The smallest absolute Gasteiger partial charge is 0.320 e. The van der Waals surface area contributed by atoms with Crippen LogP contribution in [0, 0.1) is 0 Å². The van der Waals surface area contributed by atoms with Crippen molar-refractivity contribution in [3.63, 3.8) is 0 Å². The maximum atomic E-state index is 10.3. The summed E-state index contributed by atoms with van der Waals surface area (Å²) in [5, 5.41) is 8.46. The van der Waals surface area contributed by atoms with E-state index in [9.17, 15) is 4.79 Å². The maximum Gasteiger partial charge on any atom is 0.320 e. The summed E-state index contributed by atoms with van der Waals surface area (Å²) in [6.07, 6.45) is 0.313. The molecule has 0 fully saturated rings. The Balaban J connectivity index is 3.08.